The van der Waals surface area contributed by atoms with Gasteiger partial charge in [0.05, 0.1) is 10.8 Å². The third kappa shape index (κ3) is 0.518. The van der Waals surface area contributed by atoms with Crippen LogP contribution in [0.4, 0.5) is 0 Å². The first-order valence-corrected chi connectivity index (χ1v) is 5.54. The molecule has 1 aliphatic heterocycles. The molecular formula is C7H8Cl2S. The Labute approximate surface area is 74.6 Å². The summed E-state index contributed by atoms with van der Waals surface area (Å²) in [6.07, 6.45) is 1.31. The van der Waals surface area contributed by atoms with E-state index in [0.717, 1.165) is 16.4 Å². The first-order valence-electron chi connectivity index (χ1n) is 3.72. The summed E-state index contributed by atoms with van der Waals surface area (Å²) in [6, 6.07) is 0. The fraction of sp³-hybridized carbons (Fsp3) is 1.00. The van der Waals surface area contributed by atoms with Crippen LogP contribution in [-0.4, -0.2) is 21.3 Å². The van der Waals surface area contributed by atoms with Crippen molar-refractivity contribution in [3.63, 3.8) is 0 Å². The number of rotatable bonds is 0. The molecule has 3 aliphatic rings. The van der Waals surface area contributed by atoms with Gasteiger partial charge in [0.25, 0.3) is 0 Å². The zero-order valence-corrected chi connectivity index (χ0v) is 7.66. The fourth-order valence-electron chi connectivity index (χ4n) is 2.61. The van der Waals surface area contributed by atoms with Gasteiger partial charge in [-0.2, -0.15) is 11.8 Å². The van der Waals surface area contributed by atoms with Crippen LogP contribution < -0.4 is 0 Å². The quantitative estimate of drug-likeness (QED) is 0.534. The maximum Gasteiger partial charge on any atom is 0.0500 e. The Bertz CT molecular complexity index is 164. The second kappa shape index (κ2) is 1.81. The summed E-state index contributed by atoms with van der Waals surface area (Å²) in [6.45, 7) is 0. The number of fused-ring (bicyclic) bond motifs is 1. The SMILES string of the molecule is Cl[C@@H]1C2CC3[C@H]1S[C@@H]3[C@H]2Cl. The lowest BCUT2D eigenvalue weighted by molar-refractivity contribution is 0.475. The minimum Gasteiger partial charge on any atom is -0.151 e. The topological polar surface area (TPSA) is 0 Å². The number of hydrogen-bond acceptors (Lipinski definition) is 1. The van der Waals surface area contributed by atoms with E-state index >= 15 is 0 Å². The van der Waals surface area contributed by atoms with Crippen LogP contribution in [-0.2, 0) is 0 Å². The lowest BCUT2D eigenvalue weighted by Gasteiger charge is -2.46. The molecule has 0 nitrogen and oxygen atoms in total. The van der Waals surface area contributed by atoms with Crippen molar-refractivity contribution in [3.05, 3.63) is 0 Å². The molecule has 0 amide bonds. The summed E-state index contributed by atoms with van der Waals surface area (Å²) in [5.74, 6) is 1.53. The summed E-state index contributed by atoms with van der Waals surface area (Å²) in [7, 11) is 0. The Kier molecular flexibility index (Phi) is 1.17. The van der Waals surface area contributed by atoms with E-state index in [2.05, 4.69) is 0 Å². The van der Waals surface area contributed by atoms with Gasteiger partial charge in [0, 0.05) is 10.5 Å². The normalized spacial score (nSPS) is 70.2. The van der Waals surface area contributed by atoms with Crippen LogP contribution in [0.25, 0.3) is 0 Å². The van der Waals surface area contributed by atoms with Gasteiger partial charge in [-0.05, 0) is 18.3 Å². The Morgan fingerprint density at radius 2 is 1.60 bits per heavy atom. The molecule has 1 saturated heterocycles. The Hall–Kier alpha value is 0.930. The zero-order valence-electron chi connectivity index (χ0n) is 5.34. The minimum absolute atomic E-state index is 0.391. The molecule has 3 fully saturated rings. The van der Waals surface area contributed by atoms with E-state index in [0.29, 0.717) is 16.7 Å². The smallest absolute Gasteiger partial charge is 0.0500 e. The Balaban J connectivity index is 2.00. The predicted octanol–water partition coefficient (Wildman–Crippen LogP) is 2.33. The number of thioether (sulfide) groups is 1. The van der Waals surface area contributed by atoms with Gasteiger partial charge in [-0.3, -0.25) is 0 Å². The molecule has 10 heavy (non-hydrogen) atoms. The lowest BCUT2D eigenvalue weighted by Crippen LogP contribution is -2.50. The van der Waals surface area contributed by atoms with Gasteiger partial charge in [0.1, 0.15) is 0 Å². The van der Waals surface area contributed by atoms with E-state index < -0.39 is 0 Å². The monoisotopic (exact) mass is 194 g/mol. The van der Waals surface area contributed by atoms with E-state index in [1.807, 2.05) is 11.8 Å². The molecule has 0 spiro atoms. The first kappa shape index (κ1) is 6.45. The molecule has 1 heterocycles. The Morgan fingerprint density at radius 3 is 1.90 bits per heavy atom. The van der Waals surface area contributed by atoms with Gasteiger partial charge in [0.15, 0.2) is 0 Å². The van der Waals surface area contributed by atoms with Crippen LogP contribution in [0.3, 0.4) is 0 Å². The molecule has 0 aromatic rings. The summed E-state index contributed by atoms with van der Waals surface area (Å²) < 4.78 is 0. The number of hydrogen-bond donors (Lipinski definition) is 0. The molecule has 0 N–H and O–H groups in total. The molecule has 0 radical (unpaired) electrons. The van der Waals surface area contributed by atoms with Gasteiger partial charge in [0.2, 0.25) is 0 Å². The van der Waals surface area contributed by atoms with Crippen LogP contribution in [0.5, 0.6) is 0 Å². The highest BCUT2D eigenvalue weighted by Crippen LogP contribution is 2.66. The zero-order chi connectivity index (χ0) is 6.88. The summed E-state index contributed by atoms with van der Waals surface area (Å²) in [5.41, 5.74) is 0. The van der Waals surface area contributed by atoms with Crippen molar-refractivity contribution in [2.24, 2.45) is 11.8 Å². The van der Waals surface area contributed by atoms with Crippen LogP contribution in [0.15, 0.2) is 0 Å². The van der Waals surface area contributed by atoms with Crippen molar-refractivity contribution in [2.45, 2.75) is 27.7 Å². The number of halogens is 2. The van der Waals surface area contributed by atoms with E-state index in [1.165, 1.54) is 6.42 Å². The molecule has 56 valence electrons. The molecular weight excluding hydrogens is 187 g/mol. The van der Waals surface area contributed by atoms with Gasteiger partial charge >= 0.3 is 0 Å². The highest BCUT2D eigenvalue weighted by Gasteiger charge is 2.64. The molecule has 3 heteroatoms. The molecule has 0 aromatic heterocycles. The molecule has 3 rings (SSSR count). The molecule has 2 aliphatic carbocycles. The Morgan fingerprint density at radius 1 is 1.00 bits per heavy atom. The van der Waals surface area contributed by atoms with Gasteiger partial charge in [-0.25, -0.2) is 0 Å². The van der Waals surface area contributed by atoms with Crippen LogP contribution >= 0.6 is 35.0 Å². The van der Waals surface area contributed by atoms with Gasteiger partial charge in [-0.15, -0.1) is 23.2 Å². The molecule has 2 unspecified atom stereocenters. The maximum atomic E-state index is 6.19. The van der Waals surface area contributed by atoms with Crippen molar-refractivity contribution >= 4 is 35.0 Å². The summed E-state index contributed by atoms with van der Waals surface area (Å²) in [4.78, 5) is 0. The first-order chi connectivity index (χ1) is 4.79. The van der Waals surface area contributed by atoms with Crippen LogP contribution in [0.1, 0.15) is 6.42 Å². The second-order valence-electron chi connectivity index (χ2n) is 3.52. The van der Waals surface area contributed by atoms with E-state index in [-0.39, 0.29) is 0 Å². The third-order valence-electron chi connectivity index (χ3n) is 3.15. The highest BCUT2D eigenvalue weighted by atomic mass is 35.5. The molecule has 0 aromatic carbocycles. The highest BCUT2D eigenvalue weighted by molar-refractivity contribution is 8.02. The maximum absolute atomic E-state index is 6.19. The molecule has 2 bridgehead atoms. The van der Waals surface area contributed by atoms with Crippen molar-refractivity contribution in [3.8, 4) is 0 Å². The average Bonchev–Trinajstić information content (AvgIpc) is 2.16. The minimum atomic E-state index is 0.391. The van der Waals surface area contributed by atoms with E-state index in [1.54, 1.807) is 0 Å². The van der Waals surface area contributed by atoms with Crippen molar-refractivity contribution in [1.82, 2.24) is 0 Å². The average molecular weight is 195 g/mol. The van der Waals surface area contributed by atoms with Gasteiger partial charge in [-0.1, -0.05) is 0 Å². The summed E-state index contributed by atoms with van der Waals surface area (Å²) in [5, 5.41) is 2.32. The van der Waals surface area contributed by atoms with Crippen molar-refractivity contribution in [1.29, 1.82) is 0 Å². The lowest BCUT2D eigenvalue weighted by atomic mass is 9.97. The summed E-state index contributed by atoms with van der Waals surface area (Å²) >= 11 is 14.4. The van der Waals surface area contributed by atoms with Crippen LogP contribution in [0, 0.1) is 11.8 Å². The van der Waals surface area contributed by atoms with E-state index in [4.69, 9.17) is 23.2 Å². The third-order valence-corrected chi connectivity index (χ3v) is 6.55. The fourth-order valence-corrected chi connectivity index (χ4v) is 5.69. The van der Waals surface area contributed by atoms with E-state index in [9.17, 15) is 0 Å². The molecule has 2 saturated carbocycles. The largest absolute Gasteiger partial charge is 0.151 e. The standard InChI is InChI=1S/C7H8Cl2S/c8-4-2-1-3-6(4)10-7(3)5(2)9/h2-7H,1H2/t2?,3?,4-,5+,6-,7+. The van der Waals surface area contributed by atoms with Crippen molar-refractivity contribution in [2.75, 3.05) is 0 Å². The predicted molar refractivity (Wildman–Crippen MR) is 46.0 cm³/mol. The molecule has 6 atom stereocenters. The number of alkyl halides is 2. The van der Waals surface area contributed by atoms with Gasteiger partial charge < -0.3 is 0 Å². The van der Waals surface area contributed by atoms with Crippen molar-refractivity contribution < 1.29 is 0 Å². The second-order valence-corrected chi connectivity index (χ2v) is 5.89. The van der Waals surface area contributed by atoms with Crippen LogP contribution in [0.2, 0.25) is 0 Å².